The van der Waals surface area contributed by atoms with Crippen LogP contribution in [0.4, 0.5) is 20.9 Å². The van der Waals surface area contributed by atoms with Gasteiger partial charge in [0, 0.05) is 23.1 Å². The molecule has 12 heteroatoms. The Balaban J connectivity index is 1.34. The van der Waals surface area contributed by atoms with Gasteiger partial charge in [-0.3, -0.25) is 20.2 Å². The van der Waals surface area contributed by atoms with Gasteiger partial charge in [0.2, 0.25) is 11.8 Å². The number of nitrogens with two attached hydrogens (primary N) is 1. The first-order valence-corrected chi connectivity index (χ1v) is 13.6. The highest BCUT2D eigenvalue weighted by Gasteiger charge is 2.66. The minimum Gasteiger partial charge on any atom is -0.444 e. The standard InChI is InChI=1S/C29H35FN6O5/c1-15(2)36-25(33-26(39)40-27(3,4)5)22(24(31)38)23(34-36)17-8-7-16(9-18(17)30)10-20(37)32-21-11-19(35-41-21)29-12-28(6,13-29)14-29/h7-9,11,15H,10,12-14H2,1-6H3,(H2,31,38)(H,32,37)(H,33,39). The van der Waals surface area contributed by atoms with Crippen molar-refractivity contribution in [1.29, 1.82) is 0 Å². The van der Waals surface area contributed by atoms with Crippen molar-refractivity contribution in [2.75, 3.05) is 10.6 Å². The fraction of sp³-hybridized carbons (Fsp3) is 0.483. The van der Waals surface area contributed by atoms with E-state index in [0.29, 0.717) is 11.0 Å². The SMILES string of the molecule is CC(C)n1nc(-c2ccc(CC(=O)Nc3cc(C45CC(C)(C4)C5)no3)cc2F)c(C(N)=O)c1NC(=O)OC(C)(C)C. The van der Waals surface area contributed by atoms with Crippen molar-refractivity contribution in [2.45, 2.75) is 84.3 Å². The summed E-state index contributed by atoms with van der Waals surface area (Å²) in [4.78, 5) is 37.7. The summed E-state index contributed by atoms with van der Waals surface area (Å²) >= 11 is 0. The molecule has 0 aliphatic heterocycles. The molecule has 0 radical (unpaired) electrons. The van der Waals surface area contributed by atoms with E-state index >= 15 is 4.39 Å². The third-order valence-electron chi connectivity index (χ3n) is 7.53. The molecular weight excluding hydrogens is 531 g/mol. The fourth-order valence-electron chi connectivity index (χ4n) is 6.13. The monoisotopic (exact) mass is 566 g/mol. The van der Waals surface area contributed by atoms with E-state index in [4.69, 9.17) is 15.0 Å². The lowest BCUT2D eigenvalue weighted by Gasteiger charge is -2.68. The minimum atomic E-state index is -0.903. The molecule has 2 heterocycles. The van der Waals surface area contributed by atoms with Crippen LogP contribution in [0.2, 0.25) is 0 Å². The van der Waals surface area contributed by atoms with Crippen LogP contribution in [-0.4, -0.2) is 38.4 Å². The Morgan fingerprint density at radius 3 is 2.41 bits per heavy atom. The van der Waals surface area contributed by atoms with Crippen LogP contribution in [0, 0.1) is 11.2 Å². The molecule has 2 bridgehead atoms. The molecular formula is C29H35FN6O5. The van der Waals surface area contributed by atoms with Crippen LogP contribution < -0.4 is 16.4 Å². The molecule has 0 spiro atoms. The molecule has 3 aromatic rings. The van der Waals surface area contributed by atoms with Gasteiger partial charge < -0.3 is 15.0 Å². The summed E-state index contributed by atoms with van der Waals surface area (Å²) in [6, 6.07) is 5.63. The molecule has 6 rings (SSSR count). The van der Waals surface area contributed by atoms with Crippen molar-refractivity contribution in [3.05, 3.63) is 46.9 Å². The number of hydrogen-bond acceptors (Lipinski definition) is 7. The lowest BCUT2D eigenvalue weighted by molar-refractivity contribution is -0.129. The van der Waals surface area contributed by atoms with E-state index in [1.54, 1.807) is 46.8 Å². The molecule has 0 unspecified atom stereocenters. The number of anilines is 2. The Morgan fingerprint density at radius 2 is 1.85 bits per heavy atom. The Hall–Kier alpha value is -4.22. The highest BCUT2D eigenvalue weighted by atomic mass is 19.1. The third kappa shape index (κ3) is 5.42. The molecule has 4 N–H and O–H groups in total. The summed E-state index contributed by atoms with van der Waals surface area (Å²) in [7, 11) is 0. The summed E-state index contributed by atoms with van der Waals surface area (Å²) in [6.45, 7) is 10.9. The molecule has 218 valence electrons. The number of halogens is 1. The van der Waals surface area contributed by atoms with Crippen molar-refractivity contribution in [3.8, 4) is 11.3 Å². The van der Waals surface area contributed by atoms with Crippen LogP contribution in [0.1, 0.15) is 88.5 Å². The zero-order valence-electron chi connectivity index (χ0n) is 24.1. The molecule has 3 amide bonds. The van der Waals surface area contributed by atoms with Gasteiger partial charge in [-0.2, -0.15) is 5.10 Å². The second-order valence-corrected chi connectivity index (χ2v) is 12.8. The molecule has 3 aliphatic rings. The number of rotatable bonds is 8. The molecule has 1 aromatic carbocycles. The summed E-state index contributed by atoms with van der Waals surface area (Å²) in [5, 5.41) is 13.8. The van der Waals surface area contributed by atoms with E-state index in [9.17, 15) is 14.4 Å². The van der Waals surface area contributed by atoms with Crippen molar-refractivity contribution in [3.63, 3.8) is 0 Å². The minimum absolute atomic E-state index is 0.000926. The fourth-order valence-corrected chi connectivity index (χ4v) is 6.13. The average molecular weight is 567 g/mol. The predicted molar refractivity (Wildman–Crippen MR) is 149 cm³/mol. The quantitative estimate of drug-likeness (QED) is 0.333. The second-order valence-electron chi connectivity index (χ2n) is 12.8. The van der Waals surface area contributed by atoms with E-state index < -0.39 is 29.3 Å². The average Bonchev–Trinajstić information content (AvgIpc) is 3.40. The van der Waals surface area contributed by atoms with Gasteiger partial charge in [0.1, 0.15) is 28.5 Å². The van der Waals surface area contributed by atoms with Gasteiger partial charge in [0.25, 0.3) is 5.91 Å². The maximum absolute atomic E-state index is 15.4. The van der Waals surface area contributed by atoms with Crippen LogP contribution >= 0.6 is 0 Å². The van der Waals surface area contributed by atoms with Gasteiger partial charge in [-0.25, -0.2) is 13.9 Å². The van der Waals surface area contributed by atoms with E-state index in [1.807, 2.05) is 0 Å². The Kier molecular flexibility index (Phi) is 6.70. The van der Waals surface area contributed by atoms with Gasteiger partial charge in [-0.1, -0.05) is 18.1 Å². The van der Waals surface area contributed by atoms with Crippen LogP contribution in [0.3, 0.4) is 0 Å². The Morgan fingerprint density at radius 1 is 1.17 bits per heavy atom. The van der Waals surface area contributed by atoms with Gasteiger partial charge in [0.05, 0.1) is 12.1 Å². The number of aromatic nitrogens is 3. The number of benzene rings is 1. The van der Waals surface area contributed by atoms with E-state index in [-0.39, 0.29) is 46.4 Å². The predicted octanol–water partition coefficient (Wildman–Crippen LogP) is 5.33. The molecule has 0 atom stereocenters. The molecule has 11 nitrogen and oxygen atoms in total. The van der Waals surface area contributed by atoms with Crippen molar-refractivity contribution in [1.82, 2.24) is 14.9 Å². The smallest absolute Gasteiger partial charge is 0.413 e. The van der Waals surface area contributed by atoms with Crippen molar-refractivity contribution >= 4 is 29.6 Å². The number of carbonyl (C=O) groups is 3. The summed E-state index contributed by atoms with van der Waals surface area (Å²) in [5.74, 6) is -1.75. The first-order valence-electron chi connectivity index (χ1n) is 13.6. The van der Waals surface area contributed by atoms with E-state index in [2.05, 4.69) is 27.8 Å². The van der Waals surface area contributed by atoms with Crippen LogP contribution in [0.25, 0.3) is 11.3 Å². The number of carbonyl (C=O) groups excluding carboxylic acids is 3. The number of nitrogens with zero attached hydrogens (tertiary/aromatic N) is 3. The number of ether oxygens (including phenoxy) is 1. The first kappa shape index (κ1) is 28.3. The Labute approximate surface area is 237 Å². The zero-order valence-corrected chi connectivity index (χ0v) is 24.1. The van der Waals surface area contributed by atoms with Gasteiger partial charge in [-0.15, -0.1) is 0 Å². The summed E-state index contributed by atoms with van der Waals surface area (Å²) < 4.78 is 27.4. The number of nitrogens with one attached hydrogen (secondary N) is 2. The second kappa shape index (κ2) is 9.71. The molecule has 3 aliphatic carbocycles. The normalized spacial score (nSPS) is 21.2. The number of amides is 3. The van der Waals surface area contributed by atoms with Crippen LogP contribution in [0.15, 0.2) is 28.8 Å². The topological polar surface area (TPSA) is 154 Å². The Bertz CT molecular complexity index is 1530. The van der Waals surface area contributed by atoms with Crippen molar-refractivity contribution in [2.24, 2.45) is 11.1 Å². The van der Waals surface area contributed by atoms with Gasteiger partial charge >= 0.3 is 6.09 Å². The maximum atomic E-state index is 15.4. The molecule has 3 fully saturated rings. The van der Waals surface area contributed by atoms with E-state index in [1.165, 1.54) is 16.8 Å². The highest BCUT2D eigenvalue weighted by Crippen LogP contribution is 2.73. The zero-order chi connectivity index (χ0) is 29.9. The molecule has 2 aromatic heterocycles. The molecule has 0 saturated heterocycles. The lowest BCUT2D eigenvalue weighted by atomic mass is 9.35. The first-order chi connectivity index (χ1) is 19.1. The van der Waals surface area contributed by atoms with E-state index in [0.717, 1.165) is 25.0 Å². The van der Waals surface area contributed by atoms with Crippen LogP contribution in [-0.2, 0) is 21.4 Å². The highest BCUT2D eigenvalue weighted by molar-refractivity contribution is 6.06. The maximum Gasteiger partial charge on any atom is 0.413 e. The number of primary amides is 1. The third-order valence-corrected chi connectivity index (χ3v) is 7.53. The summed E-state index contributed by atoms with van der Waals surface area (Å²) in [6.07, 6.45) is 2.31. The van der Waals surface area contributed by atoms with Crippen LogP contribution in [0.5, 0.6) is 0 Å². The largest absolute Gasteiger partial charge is 0.444 e. The summed E-state index contributed by atoms with van der Waals surface area (Å²) in [5.41, 5.74) is 6.41. The number of hydrogen-bond donors (Lipinski definition) is 3. The molecule has 3 saturated carbocycles. The van der Waals surface area contributed by atoms with Crippen molar-refractivity contribution < 1.29 is 28.0 Å². The van der Waals surface area contributed by atoms with Gasteiger partial charge in [-0.05, 0) is 77.0 Å². The van der Waals surface area contributed by atoms with Gasteiger partial charge in [0.15, 0.2) is 0 Å². The molecule has 41 heavy (non-hydrogen) atoms. The lowest BCUT2D eigenvalue weighted by Crippen LogP contribution is -2.62.